The SMILES string of the molecule is CC[C@H](C)[C@@H](NC(=O)Cn1ccc2c(Cl)cccc21)C(=O)O. The minimum Gasteiger partial charge on any atom is -0.480 e. The van der Waals surface area contributed by atoms with Gasteiger partial charge in [-0.05, 0) is 24.1 Å². The number of aliphatic carboxylic acids is 1. The molecule has 0 fully saturated rings. The number of carboxylic acid groups (broad SMARTS) is 1. The number of carbonyl (C=O) groups is 2. The van der Waals surface area contributed by atoms with E-state index in [0.29, 0.717) is 11.4 Å². The third kappa shape index (κ3) is 3.42. The molecule has 2 aromatic rings. The third-order valence-corrected chi connectivity index (χ3v) is 4.20. The highest BCUT2D eigenvalue weighted by atomic mass is 35.5. The molecule has 22 heavy (non-hydrogen) atoms. The number of carboxylic acids is 1. The van der Waals surface area contributed by atoms with Gasteiger partial charge in [0.05, 0.1) is 0 Å². The van der Waals surface area contributed by atoms with Crippen LogP contribution in [0.3, 0.4) is 0 Å². The van der Waals surface area contributed by atoms with Crippen LogP contribution in [0.4, 0.5) is 0 Å². The maximum absolute atomic E-state index is 12.1. The standard InChI is InChI=1S/C16H19ClN2O3/c1-3-10(2)15(16(21)22)18-14(20)9-19-8-7-11-12(17)5-4-6-13(11)19/h4-8,10,15H,3,9H2,1-2H3,(H,18,20)(H,21,22)/t10-,15+/m0/s1. The molecular formula is C16H19ClN2O3. The highest BCUT2D eigenvalue weighted by molar-refractivity contribution is 6.35. The Balaban J connectivity index is 2.14. The second-order valence-electron chi connectivity index (χ2n) is 5.39. The van der Waals surface area contributed by atoms with Gasteiger partial charge in [-0.2, -0.15) is 0 Å². The van der Waals surface area contributed by atoms with Crippen molar-refractivity contribution in [2.45, 2.75) is 32.9 Å². The Morgan fingerprint density at radius 3 is 2.73 bits per heavy atom. The van der Waals surface area contributed by atoms with Crippen molar-refractivity contribution in [3.63, 3.8) is 0 Å². The number of hydrogen-bond donors (Lipinski definition) is 2. The van der Waals surface area contributed by atoms with Gasteiger partial charge >= 0.3 is 5.97 Å². The summed E-state index contributed by atoms with van der Waals surface area (Å²) in [4.78, 5) is 23.4. The van der Waals surface area contributed by atoms with E-state index in [1.807, 2.05) is 32.0 Å². The predicted molar refractivity (Wildman–Crippen MR) is 86.0 cm³/mol. The van der Waals surface area contributed by atoms with Crippen LogP contribution in [0.15, 0.2) is 30.5 Å². The van der Waals surface area contributed by atoms with E-state index in [-0.39, 0.29) is 18.4 Å². The maximum Gasteiger partial charge on any atom is 0.326 e. The van der Waals surface area contributed by atoms with Gasteiger partial charge in [0.15, 0.2) is 0 Å². The first-order valence-corrected chi connectivity index (χ1v) is 7.57. The molecule has 0 aliphatic heterocycles. The molecular weight excluding hydrogens is 304 g/mol. The lowest BCUT2D eigenvalue weighted by Gasteiger charge is -2.20. The molecule has 0 saturated heterocycles. The maximum atomic E-state index is 12.1. The second kappa shape index (κ2) is 6.83. The van der Waals surface area contributed by atoms with Crippen LogP contribution < -0.4 is 5.32 Å². The van der Waals surface area contributed by atoms with E-state index in [9.17, 15) is 14.7 Å². The summed E-state index contributed by atoms with van der Waals surface area (Å²) in [7, 11) is 0. The van der Waals surface area contributed by atoms with Gasteiger partial charge in [0, 0.05) is 22.1 Å². The minimum absolute atomic E-state index is 0.0596. The van der Waals surface area contributed by atoms with Crippen LogP contribution in [0.25, 0.3) is 10.9 Å². The number of aromatic nitrogens is 1. The molecule has 1 amide bonds. The average molecular weight is 323 g/mol. The molecule has 1 heterocycles. The van der Waals surface area contributed by atoms with Crippen molar-refractivity contribution in [1.29, 1.82) is 0 Å². The number of fused-ring (bicyclic) bond motifs is 1. The largest absolute Gasteiger partial charge is 0.480 e. The molecule has 0 bridgehead atoms. The summed E-state index contributed by atoms with van der Waals surface area (Å²) in [6, 6.07) is 6.45. The third-order valence-electron chi connectivity index (χ3n) is 3.87. The lowest BCUT2D eigenvalue weighted by molar-refractivity contribution is -0.143. The van der Waals surface area contributed by atoms with Crippen molar-refractivity contribution < 1.29 is 14.7 Å². The number of carbonyl (C=O) groups excluding carboxylic acids is 1. The molecule has 0 radical (unpaired) electrons. The van der Waals surface area contributed by atoms with E-state index < -0.39 is 12.0 Å². The number of benzene rings is 1. The van der Waals surface area contributed by atoms with Crippen molar-refractivity contribution in [2.75, 3.05) is 0 Å². The van der Waals surface area contributed by atoms with Gasteiger partial charge in [0.1, 0.15) is 12.6 Å². The zero-order chi connectivity index (χ0) is 16.3. The lowest BCUT2D eigenvalue weighted by atomic mass is 9.99. The normalized spacial score (nSPS) is 13.8. The smallest absolute Gasteiger partial charge is 0.326 e. The molecule has 6 heteroatoms. The molecule has 1 aromatic heterocycles. The fourth-order valence-corrected chi connectivity index (χ4v) is 2.61. The number of nitrogens with zero attached hydrogens (tertiary/aromatic N) is 1. The average Bonchev–Trinajstić information content (AvgIpc) is 2.88. The molecule has 0 unspecified atom stereocenters. The molecule has 2 rings (SSSR count). The number of halogens is 1. The van der Waals surface area contributed by atoms with Crippen LogP contribution >= 0.6 is 11.6 Å². The summed E-state index contributed by atoms with van der Waals surface area (Å²) in [5, 5.41) is 13.3. The van der Waals surface area contributed by atoms with Crippen LogP contribution in [0.1, 0.15) is 20.3 Å². The van der Waals surface area contributed by atoms with Gasteiger partial charge in [-0.3, -0.25) is 4.79 Å². The van der Waals surface area contributed by atoms with Crippen molar-refractivity contribution in [1.82, 2.24) is 9.88 Å². The first kappa shape index (κ1) is 16.4. The summed E-state index contributed by atoms with van der Waals surface area (Å²) in [5.41, 5.74) is 0.845. The lowest BCUT2D eigenvalue weighted by Crippen LogP contribution is -2.46. The molecule has 0 spiro atoms. The summed E-state index contributed by atoms with van der Waals surface area (Å²) in [6.45, 7) is 3.77. The molecule has 2 N–H and O–H groups in total. The highest BCUT2D eigenvalue weighted by Crippen LogP contribution is 2.24. The zero-order valence-corrected chi connectivity index (χ0v) is 13.3. The van der Waals surface area contributed by atoms with Crippen molar-refractivity contribution >= 4 is 34.4 Å². The number of nitrogens with one attached hydrogen (secondary N) is 1. The molecule has 2 atom stereocenters. The van der Waals surface area contributed by atoms with E-state index in [4.69, 9.17) is 11.6 Å². The first-order chi connectivity index (χ1) is 10.4. The van der Waals surface area contributed by atoms with E-state index in [0.717, 1.165) is 10.9 Å². The Labute approximate surface area is 133 Å². The Kier molecular flexibility index (Phi) is 5.08. The monoisotopic (exact) mass is 322 g/mol. The topological polar surface area (TPSA) is 71.3 Å². The Hall–Kier alpha value is -2.01. The Morgan fingerprint density at radius 2 is 2.09 bits per heavy atom. The quantitative estimate of drug-likeness (QED) is 0.859. The van der Waals surface area contributed by atoms with Gasteiger partial charge in [0.25, 0.3) is 0 Å². The van der Waals surface area contributed by atoms with Gasteiger partial charge < -0.3 is 15.0 Å². The van der Waals surface area contributed by atoms with Crippen molar-refractivity contribution in [3.05, 3.63) is 35.5 Å². The molecule has 0 aliphatic rings. The van der Waals surface area contributed by atoms with E-state index in [1.54, 1.807) is 16.8 Å². The summed E-state index contributed by atoms with van der Waals surface area (Å²) >= 11 is 6.10. The van der Waals surface area contributed by atoms with E-state index >= 15 is 0 Å². The van der Waals surface area contributed by atoms with Crippen LogP contribution in [-0.2, 0) is 16.1 Å². The van der Waals surface area contributed by atoms with Crippen LogP contribution in [-0.4, -0.2) is 27.6 Å². The second-order valence-corrected chi connectivity index (χ2v) is 5.79. The number of amides is 1. The van der Waals surface area contributed by atoms with E-state index in [2.05, 4.69) is 5.32 Å². The van der Waals surface area contributed by atoms with Gasteiger partial charge in [0.2, 0.25) is 5.91 Å². The van der Waals surface area contributed by atoms with Crippen LogP contribution in [0.2, 0.25) is 5.02 Å². The Bertz CT molecular complexity index is 696. The van der Waals surface area contributed by atoms with E-state index in [1.165, 1.54) is 0 Å². The van der Waals surface area contributed by atoms with Gasteiger partial charge in [-0.1, -0.05) is 37.9 Å². The zero-order valence-electron chi connectivity index (χ0n) is 12.5. The number of hydrogen-bond acceptors (Lipinski definition) is 2. The molecule has 118 valence electrons. The first-order valence-electron chi connectivity index (χ1n) is 7.19. The van der Waals surface area contributed by atoms with Crippen molar-refractivity contribution in [2.24, 2.45) is 5.92 Å². The van der Waals surface area contributed by atoms with Gasteiger partial charge in [-0.25, -0.2) is 4.79 Å². The van der Waals surface area contributed by atoms with Gasteiger partial charge in [-0.15, -0.1) is 0 Å². The summed E-state index contributed by atoms with van der Waals surface area (Å²) in [5.74, 6) is -1.47. The highest BCUT2D eigenvalue weighted by Gasteiger charge is 2.25. The summed E-state index contributed by atoms with van der Waals surface area (Å²) in [6.07, 6.45) is 2.45. The van der Waals surface area contributed by atoms with Crippen molar-refractivity contribution in [3.8, 4) is 0 Å². The molecule has 5 nitrogen and oxygen atoms in total. The fourth-order valence-electron chi connectivity index (χ4n) is 2.38. The number of rotatable bonds is 6. The minimum atomic E-state index is -1.01. The summed E-state index contributed by atoms with van der Waals surface area (Å²) < 4.78 is 1.76. The Morgan fingerprint density at radius 1 is 1.36 bits per heavy atom. The molecule has 1 aromatic carbocycles. The molecule has 0 aliphatic carbocycles. The fraction of sp³-hybridized carbons (Fsp3) is 0.375. The van der Waals surface area contributed by atoms with Crippen LogP contribution in [0.5, 0.6) is 0 Å². The molecule has 0 saturated carbocycles. The van der Waals surface area contributed by atoms with Crippen LogP contribution in [0, 0.1) is 5.92 Å². The predicted octanol–water partition coefficient (Wildman–Crippen LogP) is 2.91.